The molecule has 8 heteroatoms. The SMILES string of the molecule is CCCCC[C@@H](C[C@@H](CCC1CC(CC2CCNC(N)C2)C(O)C(OC2CCCC2)C1)OC(C)=O)OC(C)=O. The number of ether oxygens (including phenoxy) is 3. The lowest BCUT2D eigenvalue weighted by Gasteiger charge is -2.42. The Morgan fingerprint density at radius 1 is 0.949 bits per heavy atom. The highest BCUT2D eigenvalue weighted by Crippen LogP contribution is 2.40. The fraction of sp³-hybridized carbons (Fsp3) is 0.935. The summed E-state index contributed by atoms with van der Waals surface area (Å²) in [4.78, 5) is 23.7. The van der Waals surface area contributed by atoms with Crippen LogP contribution in [-0.2, 0) is 23.8 Å². The van der Waals surface area contributed by atoms with Gasteiger partial charge in [-0.05, 0) is 94.9 Å². The summed E-state index contributed by atoms with van der Waals surface area (Å²) in [7, 11) is 0. The van der Waals surface area contributed by atoms with E-state index < -0.39 is 6.10 Å². The van der Waals surface area contributed by atoms with Gasteiger partial charge in [0.15, 0.2) is 0 Å². The maximum Gasteiger partial charge on any atom is 0.302 e. The summed E-state index contributed by atoms with van der Waals surface area (Å²) in [5, 5.41) is 14.8. The lowest BCUT2D eigenvalue weighted by Crippen LogP contribution is -2.47. The standard InChI is InChI=1S/C31H56N2O6/c1-4-5-6-11-27(37-21(2)34)20-28(38-22(3)35)13-12-23-16-25(17-24-14-15-33-30(32)19-24)31(36)29(18-23)39-26-9-7-8-10-26/h23-31,33,36H,4-20,32H2,1-3H3/t23?,24?,25?,27-,28+,29?,30?,31?/m0/s1. The summed E-state index contributed by atoms with van der Waals surface area (Å²) >= 11 is 0. The van der Waals surface area contributed by atoms with E-state index in [1.54, 1.807) is 0 Å². The summed E-state index contributed by atoms with van der Waals surface area (Å²) in [6.07, 6.45) is 14.8. The van der Waals surface area contributed by atoms with Crippen LogP contribution in [-0.4, -0.2) is 60.3 Å². The Labute approximate surface area is 236 Å². The van der Waals surface area contributed by atoms with Crippen LogP contribution in [0.25, 0.3) is 0 Å². The maximum absolute atomic E-state index is 12.0. The molecule has 2 saturated carbocycles. The zero-order chi connectivity index (χ0) is 28.2. The van der Waals surface area contributed by atoms with E-state index in [2.05, 4.69) is 12.2 Å². The smallest absolute Gasteiger partial charge is 0.302 e. The number of aliphatic hydroxyl groups is 1. The number of piperidine rings is 1. The molecule has 0 bridgehead atoms. The number of unbranched alkanes of at least 4 members (excludes halogenated alkanes) is 2. The minimum Gasteiger partial charge on any atom is -0.462 e. The van der Waals surface area contributed by atoms with Gasteiger partial charge in [-0.3, -0.25) is 9.59 Å². The second-order valence-electron chi connectivity index (χ2n) is 12.6. The third-order valence-corrected chi connectivity index (χ3v) is 9.14. The number of nitrogens with one attached hydrogen (secondary N) is 1. The Bertz CT molecular complexity index is 730. The molecule has 1 aliphatic heterocycles. The third kappa shape index (κ3) is 11.7. The highest BCUT2D eigenvalue weighted by Gasteiger charge is 2.40. The van der Waals surface area contributed by atoms with Crippen molar-refractivity contribution in [3.63, 3.8) is 0 Å². The molecular weight excluding hydrogens is 496 g/mol. The summed E-state index contributed by atoms with van der Waals surface area (Å²) in [5.74, 6) is 0.530. The van der Waals surface area contributed by atoms with Gasteiger partial charge in [-0.25, -0.2) is 0 Å². The molecule has 1 heterocycles. The average Bonchev–Trinajstić information content (AvgIpc) is 3.38. The Morgan fingerprint density at radius 3 is 2.28 bits per heavy atom. The molecule has 0 aromatic heterocycles. The van der Waals surface area contributed by atoms with Crippen LogP contribution in [0, 0.1) is 17.8 Å². The van der Waals surface area contributed by atoms with Crippen molar-refractivity contribution in [2.45, 2.75) is 160 Å². The molecule has 0 spiro atoms. The zero-order valence-corrected chi connectivity index (χ0v) is 24.8. The molecule has 0 radical (unpaired) electrons. The van der Waals surface area contributed by atoms with Crippen LogP contribution in [0.2, 0.25) is 0 Å². The van der Waals surface area contributed by atoms with Crippen LogP contribution in [0.3, 0.4) is 0 Å². The van der Waals surface area contributed by atoms with Gasteiger partial charge in [-0.15, -0.1) is 0 Å². The summed E-state index contributed by atoms with van der Waals surface area (Å²) < 4.78 is 17.9. The van der Waals surface area contributed by atoms with Gasteiger partial charge in [-0.2, -0.15) is 0 Å². The number of carbonyl (C=O) groups excluding carboxylic acids is 2. The van der Waals surface area contributed by atoms with Gasteiger partial charge in [0, 0.05) is 20.3 Å². The molecule has 4 N–H and O–H groups in total. The number of hydrogen-bond donors (Lipinski definition) is 3. The van der Waals surface area contributed by atoms with Crippen LogP contribution in [0.5, 0.6) is 0 Å². The van der Waals surface area contributed by atoms with Crippen molar-refractivity contribution in [2.24, 2.45) is 23.5 Å². The Kier molecular flexibility index (Phi) is 14.0. The molecule has 1 saturated heterocycles. The molecule has 0 aromatic rings. The molecule has 226 valence electrons. The van der Waals surface area contributed by atoms with E-state index in [0.29, 0.717) is 18.3 Å². The number of rotatable bonds is 15. The Morgan fingerprint density at radius 2 is 1.64 bits per heavy atom. The van der Waals surface area contributed by atoms with Gasteiger partial charge in [0.05, 0.1) is 24.5 Å². The van der Waals surface area contributed by atoms with Crippen LogP contribution in [0.15, 0.2) is 0 Å². The highest BCUT2D eigenvalue weighted by molar-refractivity contribution is 5.66. The molecule has 8 atom stereocenters. The first kappa shape index (κ1) is 32.3. The molecule has 2 aliphatic carbocycles. The predicted molar refractivity (Wildman–Crippen MR) is 152 cm³/mol. The third-order valence-electron chi connectivity index (χ3n) is 9.14. The van der Waals surface area contributed by atoms with Crippen LogP contribution in [0.4, 0.5) is 0 Å². The maximum atomic E-state index is 12.0. The minimum absolute atomic E-state index is 0.0396. The lowest BCUT2D eigenvalue weighted by atomic mass is 9.71. The molecule has 8 nitrogen and oxygen atoms in total. The number of aliphatic hydroxyl groups excluding tert-OH is 1. The summed E-state index contributed by atoms with van der Waals surface area (Å²) in [5.41, 5.74) is 6.19. The van der Waals surface area contributed by atoms with Crippen molar-refractivity contribution in [1.82, 2.24) is 5.32 Å². The van der Waals surface area contributed by atoms with Gasteiger partial charge in [0.1, 0.15) is 12.2 Å². The van der Waals surface area contributed by atoms with Gasteiger partial charge < -0.3 is 30.4 Å². The summed E-state index contributed by atoms with van der Waals surface area (Å²) in [6.45, 7) is 5.99. The van der Waals surface area contributed by atoms with E-state index in [1.807, 2.05) is 0 Å². The molecular formula is C31H56N2O6. The molecule has 39 heavy (non-hydrogen) atoms. The monoisotopic (exact) mass is 552 g/mol. The van der Waals surface area contributed by atoms with E-state index in [1.165, 1.54) is 26.7 Å². The fourth-order valence-corrected chi connectivity index (χ4v) is 7.25. The Hall–Kier alpha value is -1.22. The van der Waals surface area contributed by atoms with E-state index in [4.69, 9.17) is 19.9 Å². The molecule has 0 aromatic carbocycles. The molecule has 3 fully saturated rings. The van der Waals surface area contributed by atoms with E-state index >= 15 is 0 Å². The first-order valence-electron chi connectivity index (χ1n) is 15.9. The number of hydrogen-bond acceptors (Lipinski definition) is 8. The van der Waals surface area contributed by atoms with Crippen LogP contribution < -0.4 is 11.1 Å². The number of esters is 2. The van der Waals surface area contributed by atoms with Crippen LogP contribution in [0.1, 0.15) is 124 Å². The molecule has 3 rings (SSSR count). The van der Waals surface area contributed by atoms with Gasteiger partial charge in [0.25, 0.3) is 0 Å². The van der Waals surface area contributed by atoms with Crippen molar-refractivity contribution < 1.29 is 28.9 Å². The Balaban J connectivity index is 1.63. The van der Waals surface area contributed by atoms with Crippen molar-refractivity contribution in [3.05, 3.63) is 0 Å². The normalized spacial score (nSPS) is 31.5. The number of nitrogens with two attached hydrogens (primary N) is 1. The molecule has 6 unspecified atom stereocenters. The second kappa shape index (κ2) is 16.9. The van der Waals surface area contributed by atoms with Crippen molar-refractivity contribution in [3.8, 4) is 0 Å². The molecule has 3 aliphatic rings. The summed E-state index contributed by atoms with van der Waals surface area (Å²) in [6, 6.07) is 0. The fourth-order valence-electron chi connectivity index (χ4n) is 7.25. The van der Waals surface area contributed by atoms with Crippen LogP contribution >= 0.6 is 0 Å². The van der Waals surface area contributed by atoms with Crippen molar-refractivity contribution in [2.75, 3.05) is 6.54 Å². The van der Waals surface area contributed by atoms with Crippen molar-refractivity contribution >= 4 is 11.9 Å². The van der Waals surface area contributed by atoms with E-state index in [9.17, 15) is 14.7 Å². The second-order valence-corrected chi connectivity index (χ2v) is 12.6. The first-order valence-corrected chi connectivity index (χ1v) is 15.9. The van der Waals surface area contributed by atoms with Crippen molar-refractivity contribution in [1.29, 1.82) is 0 Å². The average molecular weight is 553 g/mol. The topological polar surface area (TPSA) is 120 Å². The van der Waals surface area contributed by atoms with E-state index in [0.717, 1.165) is 90.0 Å². The number of carbonyl (C=O) groups is 2. The van der Waals surface area contributed by atoms with Gasteiger partial charge in [0.2, 0.25) is 0 Å². The first-order chi connectivity index (χ1) is 18.7. The van der Waals surface area contributed by atoms with Gasteiger partial charge in [-0.1, -0.05) is 32.6 Å². The quantitative estimate of drug-likeness (QED) is 0.192. The minimum atomic E-state index is -0.441. The highest BCUT2D eigenvalue weighted by atomic mass is 16.6. The zero-order valence-electron chi connectivity index (χ0n) is 24.8. The van der Waals surface area contributed by atoms with Gasteiger partial charge >= 0.3 is 11.9 Å². The lowest BCUT2D eigenvalue weighted by molar-refractivity contribution is -0.154. The largest absolute Gasteiger partial charge is 0.462 e. The molecule has 0 amide bonds. The predicted octanol–water partition coefficient (Wildman–Crippen LogP) is 4.99. The van der Waals surface area contributed by atoms with E-state index in [-0.39, 0.29) is 48.4 Å².